The molecule has 6 atom stereocenters. The predicted molar refractivity (Wildman–Crippen MR) is 98.3 cm³/mol. The number of nitrogens with one attached hydrogen (secondary N) is 1. The quantitative estimate of drug-likeness (QED) is 0.759. The summed E-state index contributed by atoms with van der Waals surface area (Å²) in [6.45, 7) is 1.88. The fourth-order valence-corrected chi connectivity index (χ4v) is 5.73. The second-order valence-corrected chi connectivity index (χ2v) is 9.03. The molecule has 0 radical (unpaired) electrons. The summed E-state index contributed by atoms with van der Waals surface area (Å²) >= 11 is 0. The van der Waals surface area contributed by atoms with Gasteiger partial charge in [0, 0.05) is 43.0 Å². The summed E-state index contributed by atoms with van der Waals surface area (Å²) in [6, 6.07) is 2.02. The van der Waals surface area contributed by atoms with Crippen molar-refractivity contribution in [2.75, 3.05) is 0 Å². The number of imidazole rings is 1. The van der Waals surface area contributed by atoms with Crippen LogP contribution in [0.15, 0.2) is 18.5 Å². The van der Waals surface area contributed by atoms with Gasteiger partial charge in [-0.2, -0.15) is 0 Å². The fourth-order valence-electron chi connectivity index (χ4n) is 5.73. The van der Waals surface area contributed by atoms with Crippen LogP contribution >= 0.6 is 0 Å². The number of carbonyl (C=O) groups is 1. The van der Waals surface area contributed by atoms with Crippen LogP contribution in [-0.2, 0) is 4.79 Å². The van der Waals surface area contributed by atoms with Gasteiger partial charge in [0.2, 0.25) is 11.8 Å². The third-order valence-electron chi connectivity index (χ3n) is 7.24. The average molecular weight is 409 g/mol. The fraction of sp³-hybridized carbons (Fsp3) is 0.619. The van der Waals surface area contributed by atoms with Crippen molar-refractivity contribution in [1.82, 2.24) is 14.9 Å². The molecule has 3 aliphatic carbocycles. The normalized spacial score (nSPS) is 33.6. The number of hydrogen-bond donors (Lipinski definition) is 1. The monoisotopic (exact) mass is 409 g/mol. The Balaban J connectivity index is 1.21. The molecule has 1 aromatic carbocycles. The van der Waals surface area contributed by atoms with Gasteiger partial charge in [-0.15, -0.1) is 0 Å². The van der Waals surface area contributed by atoms with E-state index in [0.717, 1.165) is 18.9 Å². The number of fused-ring (bicyclic) bond motifs is 2. The van der Waals surface area contributed by atoms with Gasteiger partial charge in [0.1, 0.15) is 0 Å². The van der Waals surface area contributed by atoms with Crippen LogP contribution in [0.4, 0.5) is 17.6 Å². The summed E-state index contributed by atoms with van der Waals surface area (Å²) in [4.78, 5) is 16.7. The minimum Gasteiger partial charge on any atom is -0.353 e. The van der Waals surface area contributed by atoms with E-state index in [1.807, 2.05) is 11.5 Å². The zero-order valence-electron chi connectivity index (χ0n) is 16.0. The minimum absolute atomic E-state index is 0.130. The molecule has 0 saturated heterocycles. The lowest BCUT2D eigenvalue weighted by atomic mass is 9.95. The van der Waals surface area contributed by atoms with E-state index in [-0.39, 0.29) is 36.6 Å². The van der Waals surface area contributed by atoms with Crippen molar-refractivity contribution >= 4 is 16.9 Å². The Bertz CT molecular complexity index is 962. The van der Waals surface area contributed by atoms with Crippen molar-refractivity contribution in [2.24, 2.45) is 23.7 Å². The van der Waals surface area contributed by atoms with Crippen molar-refractivity contribution < 1.29 is 22.4 Å². The zero-order valence-corrected chi connectivity index (χ0v) is 16.0. The Labute approximate surface area is 165 Å². The standard InChI is InChI=1S/C21H23F4N3O/c1-10(20(29)27-11-2-3-21(24,25)8-11)19-13-4-12(5-14(13)19)28-9-26-17-6-15(22)16(23)7-18(17)28/h6-7,9-14,19H,2-5,8H2,1H3,(H,27,29)/t10?,11?,12-,13-,14+,19+. The highest BCUT2D eigenvalue weighted by atomic mass is 19.3. The zero-order chi connectivity index (χ0) is 20.5. The lowest BCUT2D eigenvalue weighted by Gasteiger charge is -2.21. The first-order chi connectivity index (χ1) is 13.7. The first-order valence-corrected chi connectivity index (χ1v) is 10.2. The Morgan fingerprint density at radius 1 is 1.24 bits per heavy atom. The van der Waals surface area contributed by atoms with Crippen molar-refractivity contribution in [3.8, 4) is 0 Å². The van der Waals surface area contributed by atoms with Crippen LogP contribution in [0.3, 0.4) is 0 Å². The summed E-state index contributed by atoms with van der Waals surface area (Å²) in [6.07, 6.45) is 3.25. The van der Waals surface area contributed by atoms with Gasteiger partial charge in [-0.1, -0.05) is 6.92 Å². The van der Waals surface area contributed by atoms with Gasteiger partial charge < -0.3 is 9.88 Å². The lowest BCUT2D eigenvalue weighted by Crippen LogP contribution is -2.38. The molecule has 3 saturated carbocycles. The molecule has 0 spiro atoms. The predicted octanol–water partition coefficient (Wildman–Crippen LogP) is 4.45. The number of aromatic nitrogens is 2. The highest BCUT2D eigenvalue weighted by Crippen LogP contribution is 2.64. The molecule has 4 nitrogen and oxygen atoms in total. The number of rotatable bonds is 4. The van der Waals surface area contributed by atoms with Crippen LogP contribution in [-0.4, -0.2) is 27.4 Å². The first-order valence-electron chi connectivity index (χ1n) is 10.2. The van der Waals surface area contributed by atoms with Crippen molar-refractivity contribution in [3.05, 3.63) is 30.1 Å². The number of hydrogen-bond acceptors (Lipinski definition) is 2. The Kier molecular flexibility index (Phi) is 4.19. The molecule has 3 aliphatic rings. The summed E-state index contributed by atoms with van der Waals surface area (Å²) in [7, 11) is 0. The molecule has 3 fully saturated rings. The Morgan fingerprint density at radius 2 is 1.93 bits per heavy atom. The number of amides is 1. The van der Waals surface area contributed by atoms with Gasteiger partial charge in [0.15, 0.2) is 11.6 Å². The molecule has 1 amide bonds. The van der Waals surface area contributed by atoms with Gasteiger partial charge in [0.05, 0.1) is 17.4 Å². The molecule has 29 heavy (non-hydrogen) atoms. The van der Waals surface area contributed by atoms with E-state index in [1.54, 1.807) is 6.33 Å². The minimum atomic E-state index is -2.67. The van der Waals surface area contributed by atoms with Crippen LogP contribution in [0.25, 0.3) is 11.0 Å². The molecular weight excluding hydrogens is 386 g/mol. The number of benzene rings is 1. The van der Waals surface area contributed by atoms with Gasteiger partial charge in [0.25, 0.3) is 0 Å². The van der Waals surface area contributed by atoms with E-state index >= 15 is 0 Å². The number of nitrogens with zero attached hydrogens (tertiary/aromatic N) is 2. The van der Waals surface area contributed by atoms with Crippen LogP contribution in [0.2, 0.25) is 0 Å². The molecule has 2 unspecified atom stereocenters. The van der Waals surface area contributed by atoms with Gasteiger partial charge in [-0.05, 0) is 37.0 Å². The van der Waals surface area contributed by atoms with Crippen LogP contribution < -0.4 is 5.32 Å². The molecule has 156 valence electrons. The largest absolute Gasteiger partial charge is 0.353 e. The van der Waals surface area contributed by atoms with E-state index in [1.165, 1.54) is 6.07 Å². The lowest BCUT2D eigenvalue weighted by molar-refractivity contribution is -0.126. The molecule has 2 aromatic rings. The SMILES string of the molecule is CC(C(=O)NC1CCC(F)(F)C1)[C@H]1[C@@H]2C[C@@H](n3cnc4cc(F)c(F)cc43)C[C@@H]21. The third-order valence-corrected chi connectivity index (χ3v) is 7.24. The molecule has 1 heterocycles. The van der Waals surface area contributed by atoms with Gasteiger partial charge in [-0.3, -0.25) is 4.79 Å². The highest BCUT2D eigenvalue weighted by molar-refractivity contribution is 5.79. The third kappa shape index (κ3) is 3.20. The summed E-state index contributed by atoms with van der Waals surface area (Å²) in [5, 5.41) is 2.81. The Morgan fingerprint density at radius 3 is 2.59 bits per heavy atom. The summed E-state index contributed by atoms with van der Waals surface area (Å²) < 4.78 is 55.6. The smallest absolute Gasteiger partial charge is 0.250 e. The Hall–Kier alpha value is -2.12. The topological polar surface area (TPSA) is 46.9 Å². The van der Waals surface area contributed by atoms with E-state index in [0.29, 0.717) is 29.3 Å². The van der Waals surface area contributed by atoms with Crippen LogP contribution in [0, 0.1) is 35.3 Å². The number of carbonyl (C=O) groups excluding carboxylic acids is 1. The summed E-state index contributed by atoms with van der Waals surface area (Å²) in [5.74, 6) is -3.74. The maximum Gasteiger partial charge on any atom is 0.250 e. The number of halogens is 4. The maximum atomic E-state index is 13.6. The highest BCUT2D eigenvalue weighted by Gasteiger charge is 2.59. The van der Waals surface area contributed by atoms with Crippen molar-refractivity contribution in [2.45, 2.75) is 57.0 Å². The van der Waals surface area contributed by atoms with E-state index < -0.39 is 23.6 Å². The van der Waals surface area contributed by atoms with Gasteiger partial charge >= 0.3 is 0 Å². The average Bonchev–Trinajstić information content (AvgIpc) is 2.99. The maximum absolute atomic E-state index is 13.6. The van der Waals surface area contributed by atoms with Crippen molar-refractivity contribution in [1.29, 1.82) is 0 Å². The molecule has 5 rings (SSSR count). The molecule has 0 bridgehead atoms. The van der Waals surface area contributed by atoms with Crippen LogP contribution in [0.1, 0.15) is 45.1 Å². The van der Waals surface area contributed by atoms with Crippen molar-refractivity contribution in [3.63, 3.8) is 0 Å². The van der Waals surface area contributed by atoms with E-state index in [2.05, 4.69) is 10.3 Å². The second kappa shape index (κ2) is 6.44. The first kappa shape index (κ1) is 18.9. The molecule has 1 N–H and O–H groups in total. The second-order valence-electron chi connectivity index (χ2n) is 9.03. The molecule has 8 heteroatoms. The molecule has 1 aromatic heterocycles. The van der Waals surface area contributed by atoms with Gasteiger partial charge in [-0.25, -0.2) is 22.5 Å². The summed E-state index contributed by atoms with van der Waals surface area (Å²) in [5.41, 5.74) is 1.02. The number of alkyl halides is 2. The molecule has 0 aliphatic heterocycles. The van der Waals surface area contributed by atoms with E-state index in [4.69, 9.17) is 0 Å². The van der Waals surface area contributed by atoms with E-state index in [9.17, 15) is 22.4 Å². The van der Waals surface area contributed by atoms with Crippen LogP contribution in [0.5, 0.6) is 0 Å². The molecular formula is C21H23F4N3O.